The summed E-state index contributed by atoms with van der Waals surface area (Å²) in [6.45, 7) is 2.01. The van der Waals surface area contributed by atoms with Crippen molar-refractivity contribution in [3.63, 3.8) is 0 Å². The van der Waals surface area contributed by atoms with E-state index in [9.17, 15) is 4.21 Å². The molecule has 1 aromatic carbocycles. The van der Waals surface area contributed by atoms with E-state index in [1.165, 1.54) is 0 Å². The van der Waals surface area contributed by atoms with Gasteiger partial charge in [0.1, 0.15) is 5.65 Å². The maximum absolute atomic E-state index is 12.6. The van der Waals surface area contributed by atoms with E-state index < -0.39 is 10.8 Å². The standard InChI is InChI=1S/C17H18N2O3S/c1-12-5-4-8-19-10-13(18-17(12)19)11-23(20)14-6-7-15(21-2)16(9-14)22-3/h4-10H,11H2,1-3H3/t23-/m0/s1. The fourth-order valence-electron chi connectivity index (χ4n) is 2.45. The minimum Gasteiger partial charge on any atom is -0.493 e. The molecular formula is C17H18N2O3S. The monoisotopic (exact) mass is 330 g/mol. The Morgan fingerprint density at radius 1 is 1.17 bits per heavy atom. The maximum Gasteiger partial charge on any atom is 0.161 e. The zero-order valence-corrected chi connectivity index (χ0v) is 14.1. The molecule has 0 aliphatic carbocycles. The number of pyridine rings is 1. The summed E-state index contributed by atoms with van der Waals surface area (Å²) < 4.78 is 25.0. The van der Waals surface area contributed by atoms with Gasteiger partial charge in [0, 0.05) is 23.4 Å². The molecule has 0 unspecified atom stereocenters. The molecule has 1 atom stereocenters. The normalized spacial score (nSPS) is 12.3. The van der Waals surface area contributed by atoms with Crippen molar-refractivity contribution in [1.82, 2.24) is 9.38 Å². The van der Waals surface area contributed by atoms with Gasteiger partial charge in [0.25, 0.3) is 0 Å². The Kier molecular flexibility index (Phi) is 4.34. The van der Waals surface area contributed by atoms with Crippen LogP contribution in [0.3, 0.4) is 0 Å². The number of rotatable bonds is 5. The third-order valence-corrected chi connectivity index (χ3v) is 4.96. The summed E-state index contributed by atoms with van der Waals surface area (Å²) >= 11 is 0. The highest BCUT2D eigenvalue weighted by atomic mass is 32.2. The Morgan fingerprint density at radius 2 is 1.96 bits per heavy atom. The predicted molar refractivity (Wildman–Crippen MR) is 89.6 cm³/mol. The minimum absolute atomic E-state index is 0.358. The SMILES string of the molecule is COc1ccc([S@@](=O)Cc2cn3cccc(C)c3n2)cc1OC. The summed E-state index contributed by atoms with van der Waals surface area (Å²) in [5, 5.41) is 0. The van der Waals surface area contributed by atoms with Crippen LogP contribution in [-0.4, -0.2) is 27.8 Å². The lowest BCUT2D eigenvalue weighted by molar-refractivity contribution is 0.354. The van der Waals surface area contributed by atoms with E-state index in [1.807, 2.05) is 35.9 Å². The third-order valence-electron chi connectivity index (χ3n) is 3.62. The van der Waals surface area contributed by atoms with Crippen LogP contribution in [0.5, 0.6) is 11.5 Å². The average molecular weight is 330 g/mol. The van der Waals surface area contributed by atoms with Gasteiger partial charge in [0.05, 0.1) is 36.5 Å². The second-order valence-corrected chi connectivity index (χ2v) is 6.61. The predicted octanol–water partition coefficient (Wildman–Crippen LogP) is 2.97. The highest BCUT2D eigenvalue weighted by molar-refractivity contribution is 7.84. The van der Waals surface area contributed by atoms with Gasteiger partial charge in [-0.2, -0.15) is 0 Å². The highest BCUT2D eigenvalue weighted by Crippen LogP contribution is 2.29. The molecule has 5 nitrogen and oxygen atoms in total. The van der Waals surface area contributed by atoms with Crippen LogP contribution in [0.2, 0.25) is 0 Å². The number of ether oxygens (including phenoxy) is 2. The molecule has 0 bridgehead atoms. The maximum atomic E-state index is 12.6. The molecule has 23 heavy (non-hydrogen) atoms. The summed E-state index contributed by atoms with van der Waals surface area (Å²) in [6, 6.07) is 9.28. The lowest BCUT2D eigenvalue weighted by Crippen LogP contribution is -1.98. The molecule has 6 heteroatoms. The van der Waals surface area contributed by atoms with E-state index in [2.05, 4.69) is 4.98 Å². The van der Waals surface area contributed by atoms with Crippen molar-refractivity contribution in [3.05, 3.63) is 54.0 Å². The summed E-state index contributed by atoms with van der Waals surface area (Å²) in [6.07, 6.45) is 3.86. The molecule has 0 aliphatic rings. The van der Waals surface area contributed by atoms with E-state index in [1.54, 1.807) is 32.4 Å². The van der Waals surface area contributed by atoms with E-state index >= 15 is 0 Å². The van der Waals surface area contributed by atoms with Crippen LogP contribution in [0, 0.1) is 6.92 Å². The van der Waals surface area contributed by atoms with Gasteiger partial charge in [-0.15, -0.1) is 0 Å². The lowest BCUT2D eigenvalue weighted by atomic mass is 10.3. The molecule has 2 heterocycles. The van der Waals surface area contributed by atoms with Crippen molar-refractivity contribution in [2.24, 2.45) is 0 Å². The minimum atomic E-state index is -1.20. The third kappa shape index (κ3) is 3.07. The highest BCUT2D eigenvalue weighted by Gasteiger charge is 2.12. The summed E-state index contributed by atoms with van der Waals surface area (Å²) in [4.78, 5) is 5.26. The number of nitrogens with zero attached hydrogens (tertiary/aromatic N) is 2. The molecule has 0 fully saturated rings. The topological polar surface area (TPSA) is 52.8 Å². The Hall–Kier alpha value is -2.34. The summed E-state index contributed by atoms with van der Waals surface area (Å²) in [5.41, 5.74) is 2.79. The Labute approximate surface area is 137 Å². The van der Waals surface area contributed by atoms with Gasteiger partial charge in [-0.05, 0) is 30.7 Å². The van der Waals surface area contributed by atoms with Gasteiger partial charge in [-0.25, -0.2) is 4.98 Å². The Bertz CT molecular complexity index is 873. The number of benzene rings is 1. The summed E-state index contributed by atoms with van der Waals surface area (Å²) in [5.74, 6) is 1.55. The Morgan fingerprint density at radius 3 is 2.65 bits per heavy atom. The molecule has 3 rings (SSSR count). The van der Waals surface area contributed by atoms with Crippen molar-refractivity contribution < 1.29 is 13.7 Å². The van der Waals surface area contributed by atoms with Crippen LogP contribution in [0.4, 0.5) is 0 Å². The molecule has 120 valence electrons. The van der Waals surface area contributed by atoms with E-state index in [4.69, 9.17) is 9.47 Å². The number of imidazole rings is 1. The number of fused-ring (bicyclic) bond motifs is 1. The molecule has 0 amide bonds. The number of aryl methyl sites for hydroxylation is 1. The number of hydrogen-bond acceptors (Lipinski definition) is 4. The van der Waals surface area contributed by atoms with Crippen LogP contribution in [-0.2, 0) is 16.6 Å². The molecule has 0 saturated heterocycles. The van der Waals surface area contributed by atoms with Crippen LogP contribution in [0.1, 0.15) is 11.3 Å². The quantitative estimate of drug-likeness (QED) is 0.722. The first kappa shape index (κ1) is 15.6. The van der Waals surface area contributed by atoms with Crippen LogP contribution >= 0.6 is 0 Å². The second-order valence-electron chi connectivity index (χ2n) is 5.16. The number of aromatic nitrogens is 2. The van der Waals surface area contributed by atoms with Crippen LogP contribution in [0.15, 0.2) is 47.6 Å². The van der Waals surface area contributed by atoms with Gasteiger partial charge in [-0.1, -0.05) is 6.07 Å². The summed E-state index contributed by atoms with van der Waals surface area (Å²) in [7, 11) is 1.94. The lowest BCUT2D eigenvalue weighted by Gasteiger charge is -2.09. The van der Waals surface area contributed by atoms with Gasteiger partial charge in [0.15, 0.2) is 11.5 Å². The van der Waals surface area contributed by atoms with Crippen LogP contribution in [0.25, 0.3) is 5.65 Å². The zero-order valence-electron chi connectivity index (χ0n) is 13.3. The number of hydrogen-bond donors (Lipinski definition) is 0. The van der Waals surface area contributed by atoms with E-state index in [0.29, 0.717) is 22.1 Å². The van der Waals surface area contributed by atoms with E-state index in [0.717, 1.165) is 16.9 Å². The van der Waals surface area contributed by atoms with E-state index in [-0.39, 0.29) is 0 Å². The largest absolute Gasteiger partial charge is 0.493 e. The first-order valence-electron chi connectivity index (χ1n) is 7.16. The molecule has 0 saturated carbocycles. The van der Waals surface area contributed by atoms with Gasteiger partial charge in [0.2, 0.25) is 0 Å². The fraction of sp³-hybridized carbons (Fsp3) is 0.235. The molecular weight excluding hydrogens is 312 g/mol. The van der Waals surface area contributed by atoms with Gasteiger partial charge < -0.3 is 13.9 Å². The molecule has 0 N–H and O–H groups in total. The number of methoxy groups -OCH3 is 2. The zero-order chi connectivity index (χ0) is 16.4. The molecule has 0 aliphatic heterocycles. The van der Waals surface area contributed by atoms with Crippen molar-refractivity contribution in [1.29, 1.82) is 0 Å². The average Bonchev–Trinajstić information content (AvgIpc) is 2.98. The van der Waals surface area contributed by atoms with Crippen molar-refractivity contribution in [2.45, 2.75) is 17.6 Å². The first-order valence-corrected chi connectivity index (χ1v) is 8.48. The van der Waals surface area contributed by atoms with Crippen molar-refractivity contribution in [3.8, 4) is 11.5 Å². The second kappa shape index (κ2) is 6.42. The van der Waals surface area contributed by atoms with Gasteiger partial charge in [-0.3, -0.25) is 4.21 Å². The van der Waals surface area contributed by atoms with Crippen LogP contribution < -0.4 is 9.47 Å². The smallest absolute Gasteiger partial charge is 0.161 e. The Balaban J connectivity index is 1.87. The molecule has 0 radical (unpaired) electrons. The van der Waals surface area contributed by atoms with Crippen molar-refractivity contribution in [2.75, 3.05) is 14.2 Å². The fourth-order valence-corrected chi connectivity index (χ4v) is 3.48. The van der Waals surface area contributed by atoms with Gasteiger partial charge >= 0.3 is 0 Å². The molecule has 2 aromatic heterocycles. The first-order chi connectivity index (χ1) is 11.1. The van der Waals surface area contributed by atoms with Crippen molar-refractivity contribution >= 4 is 16.4 Å². The molecule has 0 spiro atoms. The molecule has 3 aromatic rings.